The fourth-order valence-electron chi connectivity index (χ4n) is 5.39. The van der Waals surface area contributed by atoms with E-state index in [1.807, 2.05) is 54.3 Å². The van der Waals surface area contributed by atoms with Gasteiger partial charge in [0.2, 0.25) is 0 Å². The van der Waals surface area contributed by atoms with Crippen molar-refractivity contribution in [3.63, 3.8) is 0 Å². The van der Waals surface area contributed by atoms with Gasteiger partial charge >= 0.3 is 0 Å². The van der Waals surface area contributed by atoms with Crippen molar-refractivity contribution in [3.8, 4) is 6.07 Å². The van der Waals surface area contributed by atoms with Crippen molar-refractivity contribution in [1.29, 1.82) is 5.26 Å². The second-order valence-electron chi connectivity index (χ2n) is 10.3. The molecule has 0 aliphatic carbocycles. The highest BCUT2D eigenvalue weighted by atomic mass is 35.5. The monoisotopic (exact) mass is 484 g/mol. The molecule has 1 unspecified atom stereocenters. The summed E-state index contributed by atoms with van der Waals surface area (Å²) in [6, 6.07) is 24.4. The lowest BCUT2D eigenvalue weighted by Gasteiger charge is -2.37. The van der Waals surface area contributed by atoms with E-state index >= 15 is 0 Å². The number of halogens is 1. The summed E-state index contributed by atoms with van der Waals surface area (Å²) < 4.78 is 0. The number of amides is 1. The standard InChI is InChI=1S/C31H33ClN2O/c1-22-7-6-10-25(17-22)30(35)34-16-14-28(21-34)31(3,19-26-9-5-4-8-23(26)2)15-13-24-11-12-27(20-33)29(32)18-24/h4-12,17-18,28H,13-16,19,21H2,1-3H3/t28?,31-/m1/s1. The number of benzene rings is 3. The van der Waals surface area contributed by atoms with Crippen LogP contribution in [0.15, 0.2) is 66.7 Å². The molecule has 2 atom stereocenters. The molecule has 0 bridgehead atoms. The first kappa shape index (κ1) is 25.0. The first-order valence-electron chi connectivity index (χ1n) is 12.4. The Morgan fingerprint density at radius 3 is 2.63 bits per heavy atom. The molecule has 3 aromatic carbocycles. The van der Waals surface area contributed by atoms with E-state index in [1.165, 1.54) is 11.1 Å². The minimum absolute atomic E-state index is 0.0219. The van der Waals surface area contributed by atoms with E-state index in [4.69, 9.17) is 11.6 Å². The van der Waals surface area contributed by atoms with Crippen LogP contribution in [0.2, 0.25) is 5.02 Å². The van der Waals surface area contributed by atoms with Gasteiger partial charge in [0, 0.05) is 18.7 Å². The van der Waals surface area contributed by atoms with Gasteiger partial charge in [0.25, 0.3) is 5.91 Å². The summed E-state index contributed by atoms with van der Waals surface area (Å²) in [4.78, 5) is 15.3. The van der Waals surface area contributed by atoms with Gasteiger partial charge < -0.3 is 4.90 Å². The lowest BCUT2D eigenvalue weighted by molar-refractivity contribution is 0.0766. The van der Waals surface area contributed by atoms with Crippen LogP contribution in [0.4, 0.5) is 0 Å². The SMILES string of the molecule is Cc1cccc(C(=O)N2CCC([C@](C)(CCc3ccc(C#N)c(Cl)c3)Cc3ccccc3C)C2)c1. The van der Waals surface area contributed by atoms with Crippen LogP contribution in [0.5, 0.6) is 0 Å². The number of nitrogens with zero attached hydrogens (tertiary/aromatic N) is 2. The molecule has 1 aliphatic heterocycles. The highest BCUT2D eigenvalue weighted by molar-refractivity contribution is 6.31. The third-order valence-electron chi connectivity index (χ3n) is 7.72. The molecule has 0 radical (unpaired) electrons. The number of rotatable bonds is 7. The highest BCUT2D eigenvalue weighted by Gasteiger charge is 2.40. The molecule has 1 amide bonds. The van der Waals surface area contributed by atoms with Gasteiger partial charge in [-0.25, -0.2) is 0 Å². The smallest absolute Gasteiger partial charge is 0.253 e. The summed E-state index contributed by atoms with van der Waals surface area (Å²) in [5, 5.41) is 9.72. The molecule has 0 spiro atoms. The molecule has 1 heterocycles. The van der Waals surface area contributed by atoms with Crippen LogP contribution in [0.25, 0.3) is 0 Å². The molecule has 1 aliphatic rings. The van der Waals surface area contributed by atoms with Crippen LogP contribution in [0.3, 0.4) is 0 Å². The zero-order chi connectivity index (χ0) is 25.0. The van der Waals surface area contributed by atoms with Crippen molar-refractivity contribution in [1.82, 2.24) is 4.90 Å². The van der Waals surface area contributed by atoms with Crippen LogP contribution in [-0.4, -0.2) is 23.9 Å². The van der Waals surface area contributed by atoms with Crippen LogP contribution in [0, 0.1) is 36.5 Å². The van der Waals surface area contributed by atoms with E-state index in [1.54, 1.807) is 0 Å². The summed E-state index contributed by atoms with van der Waals surface area (Å²) in [5.74, 6) is 0.540. The maximum Gasteiger partial charge on any atom is 0.253 e. The number of aryl methyl sites for hydroxylation is 3. The fraction of sp³-hybridized carbons (Fsp3) is 0.355. The molecule has 180 valence electrons. The minimum atomic E-state index is 0.0219. The Hall–Kier alpha value is -3.09. The average Bonchev–Trinajstić information content (AvgIpc) is 3.35. The lowest BCUT2D eigenvalue weighted by Crippen LogP contribution is -2.35. The third kappa shape index (κ3) is 5.77. The summed E-state index contributed by atoms with van der Waals surface area (Å²) in [6.45, 7) is 8.17. The van der Waals surface area contributed by atoms with Gasteiger partial charge in [0.05, 0.1) is 10.6 Å². The van der Waals surface area contributed by atoms with Gasteiger partial charge in [0.1, 0.15) is 6.07 Å². The lowest BCUT2D eigenvalue weighted by atomic mass is 9.68. The number of likely N-dealkylation sites (tertiary alicyclic amines) is 1. The average molecular weight is 485 g/mol. The van der Waals surface area contributed by atoms with Crippen molar-refractivity contribution >= 4 is 17.5 Å². The first-order chi connectivity index (χ1) is 16.8. The van der Waals surface area contributed by atoms with E-state index in [0.29, 0.717) is 16.5 Å². The molecular formula is C31H33ClN2O. The Balaban J connectivity index is 1.55. The van der Waals surface area contributed by atoms with Gasteiger partial charge in [-0.2, -0.15) is 5.26 Å². The summed E-state index contributed by atoms with van der Waals surface area (Å²) >= 11 is 6.31. The number of carbonyl (C=O) groups excluding carboxylic acids is 1. The van der Waals surface area contributed by atoms with Gasteiger partial charge in [-0.05, 0) is 91.8 Å². The second kappa shape index (κ2) is 10.7. The molecule has 4 rings (SSSR count). The Labute approximate surface area is 214 Å². The Morgan fingerprint density at radius 2 is 1.91 bits per heavy atom. The molecule has 3 nitrogen and oxygen atoms in total. The quantitative estimate of drug-likeness (QED) is 0.356. The van der Waals surface area contributed by atoms with Gasteiger partial charge in [0.15, 0.2) is 0 Å². The Kier molecular flexibility index (Phi) is 7.63. The largest absolute Gasteiger partial charge is 0.338 e. The van der Waals surface area contributed by atoms with Crippen LogP contribution >= 0.6 is 11.6 Å². The van der Waals surface area contributed by atoms with Crippen molar-refractivity contribution in [2.24, 2.45) is 11.3 Å². The second-order valence-corrected chi connectivity index (χ2v) is 10.7. The highest BCUT2D eigenvalue weighted by Crippen LogP contribution is 2.42. The van der Waals surface area contributed by atoms with Gasteiger partial charge in [-0.15, -0.1) is 0 Å². The van der Waals surface area contributed by atoms with Crippen molar-refractivity contribution in [3.05, 3.63) is 105 Å². The van der Waals surface area contributed by atoms with Crippen LogP contribution < -0.4 is 0 Å². The van der Waals surface area contributed by atoms with E-state index in [9.17, 15) is 10.1 Å². The van der Waals surface area contributed by atoms with Crippen molar-refractivity contribution in [2.45, 2.75) is 46.5 Å². The summed E-state index contributed by atoms with van der Waals surface area (Å²) in [6.07, 6.45) is 3.85. The van der Waals surface area contributed by atoms with E-state index < -0.39 is 0 Å². The Morgan fingerprint density at radius 1 is 1.11 bits per heavy atom. The van der Waals surface area contributed by atoms with Crippen molar-refractivity contribution in [2.75, 3.05) is 13.1 Å². The zero-order valence-corrected chi connectivity index (χ0v) is 21.6. The van der Waals surface area contributed by atoms with Gasteiger partial charge in [-0.3, -0.25) is 4.79 Å². The molecule has 3 aromatic rings. The molecule has 35 heavy (non-hydrogen) atoms. The first-order valence-corrected chi connectivity index (χ1v) is 12.8. The maximum atomic E-state index is 13.2. The molecule has 0 saturated carbocycles. The zero-order valence-electron chi connectivity index (χ0n) is 20.9. The Bertz CT molecular complexity index is 1260. The van der Waals surface area contributed by atoms with E-state index in [-0.39, 0.29) is 11.3 Å². The van der Waals surface area contributed by atoms with E-state index in [2.05, 4.69) is 44.2 Å². The minimum Gasteiger partial charge on any atom is -0.338 e. The molecule has 1 fully saturated rings. The van der Waals surface area contributed by atoms with Crippen LogP contribution in [-0.2, 0) is 12.8 Å². The molecule has 1 saturated heterocycles. The molecule has 4 heteroatoms. The maximum absolute atomic E-state index is 13.2. The normalized spacial score (nSPS) is 17.1. The van der Waals surface area contributed by atoms with Gasteiger partial charge in [-0.1, -0.05) is 66.6 Å². The van der Waals surface area contributed by atoms with Crippen molar-refractivity contribution < 1.29 is 4.79 Å². The fourth-order valence-corrected chi connectivity index (χ4v) is 5.63. The topological polar surface area (TPSA) is 44.1 Å². The number of hydrogen-bond donors (Lipinski definition) is 0. The predicted molar refractivity (Wildman–Crippen MR) is 143 cm³/mol. The molecule has 0 N–H and O–H groups in total. The van der Waals surface area contributed by atoms with E-state index in [0.717, 1.165) is 55.5 Å². The third-order valence-corrected chi connectivity index (χ3v) is 8.03. The molecular weight excluding hydrogens is 452 g/mol. The molecule has 0 aromatic heterocycles. The number of nitriles is 1. The summed E-state index contributed by atoms with van der Waals surface area (Å²) in [5.41, 5.74) is 6.25. The van der Waals surface area contributed by atoms with Crippen LogP contribution in [0.1, 0.15) is 57.9 Å². The summed E-state index contributed by atoms with van der Waals surface area (Å²) in [7, 11) is 0. The predicted octanol–water partition coefficient (Wildman–Crippen LogP) is 7.17. The number of carbonyl (C=O) groups is 1. The number of hydrogen-bond acceptors (Lipinski definition) is 2.